The fourth-order valence-corrected chi connectivity index (χ4v) is 5.32. The molecule has 1 aromatic rings. The number of benzene rings is 1. The summed E-state index contributed by atoms with van der Waals surface area (Å²) >= 11 is 0. The van der Waals surface area contributed by atoms with Crippen LogP contribution in [0.15, 0.2) is 29.3 Å². The van der Waals surface area contributed by atoms with E-state index < -0.39 is 0 Å². The molecule has 1 aliphatic carbocycles. The van der Waals surface area contributed by atoms with Gasteiger partial charge in [-0.05, 0) is 56.3 Å². The SMILES string of the molecule is CN=C(NCc1ccccc1CN1CCCCC1)NC1CCN(C(=O)C2CCCC2)C1. The predicted octanol–water partition coefficient (Wildman–Crippen LogP) is 3.13. The summed E-state index contributed by atoms with van der Waals surface area (Å²) < 4.78 is 0. The van der Waals surface area contributed by atoms with E-state index in [0.29, 0.717) is 5.91 Å². The van der Waals surface area contributed by atoms with Crippen molar-refractivity contribution in [3.63, 3.8) is 0 Å². The Morgan fingerprint density at radius 1 is 1.00 bits per heavy atom. The van der Waals surface area contributed by atoms with Gasteiger partial charge >= 0.3 is 0 Å². The molecule has 3 aliphatic rings. The zero-order valence-electron chi connectivity index (χ0n) is 19.1. The van der Waals surface area contributed by atoms with E-state index in [0.717, 1.165) is 51.4 Å². The number of nitrogens with one attached hydrogen (secondary N) is 2. The Kier molecular flexibility index (Phi) is 7.84. The van der Waals surface area contributed by atoms with Crippen molar-refractivity contribution in [3.8, 4) is 0 Å². The van der Waals surface area contributed by atoms with Gasteiger partial charge in [-0.3, -0.25) is 14.7 Å². The van der Waals surface area contributed by atoms with Crippen LogP contribution in [0.25, 0.3) is 0 Å². The van der Waals surface area contributed by atoms with Gasteiger partial charge < -0.3 is 15.5 Å². The molecule has 0 radical (unpaired) electrons. The summed E-state index contributed by atoms with van der Waals surface area (Å²) in [6.45, 7) is 5.88. The maximum absolute atomic E-state index is 12.7. The quantitative estimate of drug-likeness (QED) is 0.543. The number of hydrogen-bond donors (Lipinski definition) is 2. The Morgan fingerprint density at radius 2 is 1.74 bits per heavy atom. The van der Waals surface area contributed by atoms with E-state index in [1.54, 1.807) is 0 Å². The molecule has 1 atom stereocenters. The molecule has 2 N–H and O–H groups in total. The molecule has 4 rings (SSSR count). The van der Waals surface area contributed by atoms with Crippen LogP contribution < -0.4 is 10.6 Å². The van der Waals surface area contributed by atoms with Gasteiger partial charge in [0.25, 0.3) is 0 Å². The molecule has 2 heterocycles. The van der Waals surface area contributed by atoms with Crippen molar-refractivity contribution < 1.29 is 4.79 Å². The van der Waals surface area contributed by atoms with E-state index in [1.165, 1.54) is 56.3 Å². The topological polar surface area (TPSA) is 60.0 Å². The molecule has 0 spiro atoms. The summed E-state index contributed by atoms with van der Waals surface area (Å²) in [5, 5.41) is 7.05. The van der Waals surface area contributed by atoms with Crippen LogP contribution in [0, 0.1) is 5.92 Å². The lowest BCUT2D eigenvalue weighted by molar-refractivity contribution is -0.134. The standard InChI is InChI=1S/C25H39N5O/c1-26-25(28-23-13-16-30(19-23)24(31)20-9-3-4-10-20)27-17-21-11-5-6-12-22(21)18-29-14-7-2-8-15-29/h5-6,11-12,20,23H,2-4,7-10,13-19H2,1H3,(H2,26,27,28). The summed E-state index contributed by atoms with van der Waals surface area (Å²) in [6, 6.07) is 9.02. The Balaban J connectivity index is 1.27. The minimum atomic E-state index is 0.271. The fourth-order valence-electron chi connectivity index (χ4n) is 5.32. The number of aliphatic imine (C=N–C) groups is 1. The van der Waals surface area contributed by atoms with E-state index in [-0.39, 0.29) is 12.0 Å². The van der Waals surface area contributed by atoms with Gasteiger partial charge in [0.05, 0.1) is 0 Å². The summed E-state index contributed by atoms with van der Waals surface area (Å²) in [6.07, 6.45) is 9.57. The second-order valence-electron chi connectivity index (χ2n) is 9.43. The highest BCUT2D eigenvalue weighted by molar-refractivity contribution is 5.81. The van der Waals surface area contributed by atoms with Crippen LogP contribution in [-0.2, 0) is 17.9 Å². The molecular weight excluding hydrogens is 386 g/mol. The third-order valence-corrected chi connectivity index (χ3v) is 7.18. The fraction of sp³-hybridized carbons (Fsp3) is 0.680. The Bertz CT molecular complexity index is 752. The third-order valence-electron chi connectivity index (χ3n) is 7.18. The highest BCUT2D eigenvalue weighted by Gasteiger charge is 2.32. The molecule has 3 fully saturated rings. The molecule has 2 saturated heterocycles. The average molecular weight is 426 g/mol. The van der Waals surface area contributed by atoms with E-state index in [4.69, 9.17) is 0 Å². The zero-order valence-corrected chi connectivity index (χ0v) is 19.1. The van der Waals surface area contributed by atoms with E-state index >= 15 is 0 Å². The van der Waals surface area contributed by atoms with Gasteiger partial charge in [-0.1, -0.05) is 43.5 Å². The van der Waals surface area contributed by atoms with Crippen LogP contribution in [0.1, 0.15) is 62.5 Å². The first-order chi connectivity index (χ1) is 15.2. The van der Waals surface area contributed by atoms with Crippen molar-refractivity contribution in [1.82, 2.24) is 20.4 Å². The van der Waals surface area contributed by atoms with Crippen LogP contribution >= 0.6 is 0 Å². The Morgan fingerprint density at radius 3 is 2.48 bits per heavy atom. The molecule has 1 unspecified atom stereocenters. The van der Waals surface area contributed by atoms with Crippen molar-refractivity contribution in [3.05, 3.63) is 35.4 Å². The van der Waals surface area contributed by atoms with Crippen LogP contribution in [0.5, 0.6) is 0 Å². The van der Waals surface area contributed by atoms with Crippen molar-refractivity contribution in [2.45, 2.75) is 70.5 Å². The number of guanidine groups is 1. The molecule has 6 heteroatoms. The summed E-state index contributed by atoms with van der Waals surface area (Å²) in [4.78, 5) is 21.8. The van der Waals surface area contributed by atoms with Crippen molar-refractivity contribution in [2.24, 2.45) is 10.9 Å². The number of carbonyl (C=O) groups is 1. The lowest BCUT2D eigenvalue weighted by atomic mass is 10.0. The zero-order chi connectivity index (χ0) is 21.5. The third kappa shape index (κ3) is 6.00. The summed E-state index contributed by atoms with van der Waals surface area (Å²) in [5.74, 6) is 1.47. The number of amides is 1. The first kappa shape index (κ1) is 22.1. The predicted molar refractivity (Wildman–Crippen MR) is 126 cm³/mol. The Hall–Kier alpha value is -2.08. The van der Waals surface area contributed by atoms with E-state index in [2.05, 4.69) is 49.7 Å². The van der Waals surface area contributed by atoms with Gasteiger partial charge in [-0.2, -0.15) is 0 Å². The number of rotatable bonds is 6. The monoisotopic (exact) mass is 425 g/mol. The minimum absolute atomic E-state index is 0.271. The second kappa shape index (κ2) is 11.0. The number of carbonyl (C=O) groups excluding carboxylic acids is 1. The second-order valence-corrected chi connectivity index (χ2v) is 9.43. The van der Waals surface area contributed by atoms with Gasteiger partial charge in [0.15, 0.2) is 5.96 Å². The van der Waals surface area contributed by atoms with Gasteiger partial charge in [-0.25, -0.2) is 0 Å². The first-order valence-electron chi connectivity index (χ1n) is 12.3. The van der Waals surface area contributed by atoms with Crippen molar-refractivity contribution in [2.75, 3.05) is 33.2 Å². The van der Waals surface area contributed by atoms with Crippen molar-refractivity contribution >= 4 is 11.9 Å². The van der Waals surface area contributed by atoms with Crippen LogP contribution in [0.2, 0.25) is 0 Å². The van der Waals surface area contributed by atoms with Crippen molar-refractivity contribution in [1.29, 1.82) is 0 Å². The van der Waals surface area contributed by atoms with Gasteiger partial charge in [0.2, 0.25) is 5.91 Å². The lowest BCUT2D eigenvalue weighted by Gasteiger charge is -2.27. The van der Waals surface area contributed by atoms with Gasteiger partial charge in [0.1, 0.15) is 0 Å². The molecule has 1 amide bonds. The number of nitrogens with zero attached hydrogens (tertiary/aromatic N) is 3. The first-order valence-corrected chi connectivity index (χ1v) is 12.3. The maximum atomic E-state index is 12.7. The number of likely N-dealkylation sites (tertiary alicyclic amines) is 2. The molecular formula is C25H39N5O. The summed E-state index contributed by atoms with van der Waals surface area (Å²) in [7, 11) is 1.82. The van der Waals surface area contributed by atoms with Crippen LogP contribution in [0.3, 0.4) is 0 Å². The molecule has 6 nitrogen and oxygen atoms in total. The minimum Gasteiger partial charge on any atom is -0.352 e. The lowest BCUT2D eigenvalue weighted by Crippen LogP contribution is -2.45. The maximum Gasteiger partial charge on any atom is 0.225 e. The number of hydrogen-bond acceptors (Lipinski definition) is 3. The molecule has 1 saturated carbocycles. The largest absolute Gasteiger partial charge is 0.352 e. The summed E-state index contributed by atoms with van der Waals surface area (Å²) in [5.41, 5.74) is 2.74. The van der Waals surface area contributed by atoms with Crippen LogP contribution in [-0.4, -0.2) is 60.9 Å². The molecule has 0 bridgehead atoms. The Labute approximate surface area is 187 Å². The molecule has 170 valence electrons. The number of piperidine rings is 1. The smallest absolute Gasteiger partial charge is 0.225 e. The van der Waals surface area contributed by atoms with Crippen LogP contribution in [0.4, 0.5) is 0 Å². The van der Waals surface area contributed by atoms with Gasteiger partial charge in [-0.15, -0.1) is 0 Å². The van der Waals surface area contributed by atoms with E-state index in [9.17, 15) is 4.79 Å². The molecule has 31 heavy (non-hydrogen) atoms. The normalized spacial score (nSPS) is 23.3. The molecule has 1 aromatic carbocycles. The molecule has 2 aliphatic heterocycles. The highest BCUT2D eigenvalue weighted by atomic mass is 16.2. The van der Waals surface area contributed by atoms with Gasteiger partial charge in [0, 0.05) is 45.2 Å². The van der Waals surface area contributed by atoms with E-state index in [1.807, 2.05) is 7.05 Å². The highest BCUT2D eigenvalue weighted by Crippen LogP contribution is 2.27. The average Bonchev–Trinajstić information content (AvgIpc) is 3.50. The molecule has 0 aromatic heterocycles.